The zero-order valence-corrected chi connectivity index (χ0v) is 15.0. The molecular formula is C20H18N2O3S. The molecule has 0 aliphatic rings. The number of hydrogen-bond donors (Lipinski definition) is 1. The Morgan fingerprint density at radius 1 is 0.846 bits per heavy atom. The predicted molar refractivity (Wildman–Crippen MR) is 102 cm³/mol. The van der Waals surface area contributed by atoms with Crippen LogP contribution in [0.15, 0.2) is 83.8 Å². The average Bonchev–Trinajstić information content (AvgIpc) is 2.64. The van der Waals surface area contributed by atoms with Gasteiger partial charge in [0.05, 0.1) is 10.6 Å². The summed E-state index contributed by atoms with van der Waals surface area (Å²) < 4.78 is 23.0. The van der Waals surface area contributed by atoms with E-state index in [0.717, 1.165) is 11.3 Å². The zero-order valence-electron chi connectivity index (χ0n) is 14.2. The molecule has 0 unspecified atom stereocenters. The van der Waals surface area contributed by atoms with Crippen LogP contribution in [0.25, 0.3) is 0 Å². The van der Waals surface area contributed by atoms with Gasteiger partial charge >= 0.3 is 0 Å². The maximum Gasteiger partial charge on any atom is 0.262 e. The smallest absolute Gasteiger partial charge is 0.262 e. The quantitative estimate of drug-likeness (QED) is 0.766. The molecule has 0 aliphatic heterocycles. The monoisotopic (exact) mass is 366 g/mol. The van der Waals surface area contributed by atoms with Gasteiger partial charge in [0.25, 0.3) is 5.91 Å². The van der Waals surface area contributed by atoms with E-state index in [-0.39, 0.29) is 10.8 Å². The van der Waals surface area contributed by atoms with E-state index < -0.39 is 10.0 Å². The summed E-state index contributed by atoms with van der Waals surface area (Å²) >= 11 is 0. The van der Waals surface area contributed by atoms with Gasteiger partial charge in [0.15, 0.2) is 0 Å². The van der Waals surface area contributed by atoms with Gasteiger partial charge in [-0.15, -0.1) is 0 Å². The van der Waals surface area contributed by atoms with E-state index >= 15 is 0 Å². The number of carbonyl (C=O) groups is 1. The molecule has 1 amide bonds. The molecule has 0 atom stereocenters. The maximum absolute atomic E-state index is 13.2. The van der Waals surface area contributed by atoms with Crippen molar-refractivity contribution in [3.63, 3.8) is 0 Å². The molecule has 3 aromatic rings. The molecule has 0 fully saturated rings. The van der Waals surface area contributed by atoms with Gasteiger partial charge in [-0.3, -0.25) is 9.69 Å². The number of para-hydroxylation sites is 1. The summed E-state index contributed by atoms with van der Waals surface area (Å²) in [5, 5.41) is 5.16. The lowest BCUT2D eigenvalue weighted by Gasteiger charge is -2.25. The van der Waals surface area contributed by atoms with Crippen molar-refractivity contribution in [3.05, 3.63) is 90.0 Å². The van der Waals surface area contributed by atoms with Crippen LogP contribution in [0.5, 0.6) is 0 Å². The van der Waals surface area contributed by atoms with E-state index in [1.165, 1.54) is 12.1 Å². The normalized spacial score (nSPS) is 11.2. The van der Waals surface area contributed by atoms with E-state index in [4.69, 9.17) is 5.14 Å². The first kappa shape index (κ1) is 17.8. The third-order valence-corrected chi connectivity index (χ3v) is 4.93. The van der Waals surface area contributed by atoms with Crippen LogP contribution in [0.2, 0.25) is 0 Å². The summed E-state index contributed by atoms with van der Waals surface area (Å²) in [6.07, 6.45) is 0. The molecule has 26 heavy (non-hydrogen) atoms. The fourth-order valence-corrected chi connectivity index (χ4v) is 3.19. The molecule has 3 rings (SSSR count). The first-order chi connectivity index (χ1) is 12.4. The van der Waals surface area contributed by atoms with Crippen molar-refractivity contribution in [1.82, 2.24) is 0 Å². The van der Waals surface area contributed by atoms with Gasteiger partial charge in [-0.1, -0.05) is 36.4 Å². The van der Waals surface area contributed by atoms with Gasteiger partial charge in [0.2, 0.25) is 10.0 Å². The molecule has 0 saturated carbocycles. The average molecular weight is 366 g/mol. The van der Waals surface area contributed by atoms with Crippen LogP contribution in [0, 0.1) is 6.92 Å². The first-order valence-corrected chi connectivity index (χ1v) is 9.50. The molecule has 0 saturated heterocycles. The Morgan fingerprint density at radius 2 is 1.42 bits per heavy atom. The van der Waals surface area contributed by atoms with E-state index in [2.05, 4.69) is 0 Å². The fraction of sp³-hybridized carbons (Fsp3) is 0.0500. The summed E-state index contributed by atoms with van der Waals surface area (Å²) in [6, 6.07) is 22.4. The minimum atomic E-state index is -3.79. The number of sulfonamides is 1. The third kappa shape index (κ3) is 3.66. The molecule has 0 spiro atoms. The van der Waals surface area contributed by atoms with Gasteiger partial charge in [0.1, 0.15) is 0 Å². The molecule has 6 heteroatoms. The number of hydrogen-bond acceptors (Lipinski definition) is 3. The van der Waals surface area contributed by atoms with Crippen LogP contribution in [0.1, 0.15) is 15.9 Å². The lowest BCUT2D eigenvalue weighted by Crippen LogP contribution is -2.26. The second-order valence-electron chi connectivity index (χ2n) is 5.83. The number of benzene rings is 3. The molecule has 5 nitrogen and oxygen atoms in total. The highest BCUT2D eigenvalue weighted by Gasteiger charge is 2.21. The molecule has 0 heterocycles. The van der Waals surface area contributed by atoms with Crippen LogP contribution in [0.4, 0.5) is 11.4 Å². The number of anilines is 2. The van der Waals surface area contributed by atoms with Gasteiger partial charge in [-0.2, -0.15) is 0 Å². The minimum absolute atomic E-state index is 0.00172. The summed E-state index contributed by atoms with van der Waals surface area (Å²) in [6.45, 7) is 1.92. The summed E-state index contributed by atoms with van der Waals surface area (Å²) in [5.74, 6) is -0.205. The third-order valence-electron chi connectivity index (χ3n) is 4.00. The van der Waals surface area contributed by atoms with E-state index in [1.807, 2.05) is 37.3 Å². The number of primary sulfonamides is 1. The van der Waals surface area contributed by atoms with Crippen LogP contribution in [-0.4, -0.2) is 14.3 Å². The van der Waals surface area contributed by atoms with Crippen LogP contribution < -0.4 is 10.0 Å². The largest absolute Gasteiger partial charge is 0.277 e. The molecule has 0 bridgehead atoms. The summed E-state index contributed by atoms with van der Waals surface area (Å²) in [5.41, 5.74) is 2.74. The van der Waals surface area contributed by atoms with Crippen molar-refractivity contribution in [2.24, 2.45) is 5.14 Å². The molecule has 0 radical (unpaired) electrons. The van der Waals surface area contributed by atoms with Crippen molar-refractivity contribution in [1.29, 1.82) is 0 Å². The predicted octanol–water partition coefficient (Wildman–Crippen LogP) is 3.62. The number of aryl methyl sites for hydroxylation is 1. The number of nitrogens with two attached hydrogens (primary N) is 1. The van der Waals surface area contributed by atoms with Crippen molar-refractivity contribution in [2.45, 2.75) is 11.8 Å². The van der Waals surface area contributed by atoms with Gasteiger partial charge in [-0.05, 0) is 55.0 Å². The Hall–Kier alpha value is -2.96. The van der Waals surface area contributed by atoms with Crippen molar-refractivity contribution in [3.8, 4) is 0 Å². The highest BCUT2D eigenvalue weighted by molar-refractivity contribution is 7.89. The van der Waals surface area contributed by atoms with E-state index in [0.29, 0.717) is 11.3 Å². The second-order valence-corrected chi connectivity index (χ2v) is 7.39. The second kappa shape index (κ2) is 7.11. The van der Waals surface area contributed by atoms with Gasteiger partial charge < -0.3 is 0 Å². The van der Waals surface area contributed by atoms with Gasteiger partial charge in [-0.25, -0.2) is 13.6 Å². The SMILES string of the molecule is Cc1ccccc1N(C(=O)c1ccccc1)c1ccc(S(N)(=O)=O)cc1. The van der Waals surface area contributed by atoms with E-state index in [9.17, 15) is 13.2 Å². The molecule has 0 aliphatic carbocycles. The Bertz CT molecular complexity index is 1030. The molecule has 0 aromatic heterocycles. The Balaban J connectivity index is 2.12. The Morgan fingerprint density at radius 3 is 2.00 bits per heavy atom. The molecular weight excluding hydrogens is 348 g/mol. The zero-order chi connectivity index (χ0) is 18.7. The molecule has 3 aromatic carbocycles. The molecule has 132 valence electrons. The topological polar surface area (TPSA) is 80.5 Å². The lowest BCUT2D eigenvalue weighted by atomic mass is 10.1. The summed E-state index contributed by atoms with van der Waals surface area (Å²) in [7, 11) is -3.79. The van der Waals surface area contributed by atoms with Crippen molar-refractivity contribution < 1.29 is 13.2 Å². The highest BCUT2D eigenvalue weighted by atomic mass is 32.2. The minimum Gasteiger partial charge on any atom is -0.277 e. The fourth-order valence-electron chi connectivity index (χ4n) is 2.67. The number of carbonyl (C=O) groups excluding carboxylic acids is 1. The highest BCUT2D eigenvalue weighted by Crippen LogP contribution is 2.30. The van der Waals surface area contributed by atoms with E-state index in [1.54, 1.807) is 41.3 Å². The Kier molecular flexibility index (Phi) is 4.88. The maximum atomic E-state index is 13.2. The number of amides is 1. The van der Waals surface area contributed by atoms with Crippen LogP contribution in [-0.2, 0) is 10.0 Å². The standard InChI is InChI=1S/C20H18N2O3S/c1-15-7-5-6-10-19(15)22(20(23)16-8-3-2-4-9-16)17-11-13-18(14-12-17)26(21,24)25/h2-14H,1H3,(H2,21,24,25). The lowest BCUT2D eigenvalue weighted by molar-refractivity contribution is 0.0999. The number of nitrogens with zero attached hydrogens (tertiary/aromatic N) is 1. The van der Waals surface area contributed by atoms with Crippen molar-refractivity contribution in [2.75, 3.05) is 4.90 Å². The first-order valence-electron chi connectivity index (χ1n) is 7.96. The van der Waals surface area contributed by atoms with Crippen LogP contribution >= 0.6 is 0 Å². The van der Waals surface area contributed by atoms with Gasteiger partial charge in [0, 0.05) is 11.3 Å². The summed E-state index contributed by atoms with van der Waals surface area (Å²) in [4.78, 5) is 14.7. The molecule has 2 N–H and O–H groups in total. The van der Waals surface area contributed by atoms with Crippen LogP contribution in [0.3, 0.4) is 0 Å². The number of rotatable bonds is 4. The Labute approximate surface area is 152 Å². The van der Waals surface area contributed by atoms with Crippen molar-refractivity contribution >= 4 is 27.3 Å².